The van der Waals surface area contributed by atoms with Crippen LogP contribution in [0.15, 0.2) is 107 Å². The molecule has 3 aromatic carbocycles. The summed E-state index contributed by atoms with van der Waals surface area (Å²) in [6.07, 6.45) is 10.2. The average Bonchev–Trinajstić information content (AvgIpc) is 3.27. The number of allylic oxidation sites excluding steroid dienone is 1. The van der Waals surface area contributed by atoms with Crippen LogP contribution in [0.1, 0.15) is 62.0 Å². The molecular formula is C47H60N2O10S. The highest BCUT2D eigenvalue weighted by molar-refractivity contribution is 7.98. The van der Waals surface area contributed by atoms with Crippen molar-refractivity contribution in [3.05, 3.63) is 108 Å². The predicted molar refractivity (Wildman–Crippen MR) is 232 cm³/mol. The van der Waals surface area contributed by atoms with Crippen molar-refractivity contribution < 1.29 is 48.6 Å². The van der Waals surface area contributed by atoms with Gasteiger partial charge in [-0.15, -0.1) is 18.3 Å². The molecule has 6 rings (SSSR count). The lowest BCUT2D eigenvalue weighted by molar-refractivity contribution is -0.255. The van der Waals surface area contributed by atoms with E-state index in [1.165, 1.54) is 7.11 Å². The molecule has 60 heavy (non-hydrogen) atoms. The second-order valence-corrected chi connectivity index (χ2v) is 16.2. The molecule has 1 saturated carbocycles. The number of carbonyl (C=O) groups excluding carboxylic acids is 1. The lowest BCUT2D eigenvalue weighted by atomic mass is 9.55. The maximum atomic E-state index is 14.0. The molecule has 3 aliphatic rings. The minimum Gasteiger partial charge on any atom is -0.459 e. The van der Waals surface area contributed by atoms with Crippen LogP contribution in [0.4, 0.5) is 4.79 Å². The molecule has 0 unspecified atom stereocenters. The Kier molecular flexibility index (Phi) is 16.9. The number of amides is 1. The van der Waals surface area contributed by atoms with Crippen molar-refractivity contribution in [2.45, 2.75) is 74.2 Å². The van der Waals surface area contributed by atoms with Crippen LogP contribution in [-0.2, 0) is 25.7 Å². The van der Waals surface area contributed by atoms with Crippen LogP contribution < -0.4 is 9.47 Å². The summed E-state index contributed by atoms with van der Waals surface area (Å²) in [6, 6.07) is 22.9. The Morgan fingerprint density at radius 3 is 2.42 bits per heavy atom. The van der Waals surface area contributed by atoms with E-state index in [1.807, 2.05) is 73.0 Å². The summed E-state index contributed by atoms with van der Waals surface area (Å²) in [5, 5.41) is 34.2. The van der Waals surface area contributed by atoms with E-state index in [0.717, 1.165) is 47.3 Å². The number of methoxy groups -OCH3 is 1. The quantitative estimate of drug-likeness (QED) is 0.0368. The first-order valence-electron chi connectivity index (χ1n) is 21.0. The molecule has 0 radical (unpaired) electrons. The molecule has 0 bridgehead atoms. The number of carbonyl (C=O) groups is 1. The second-order valence-electron chi connectivity index (χ2n) is 15.3. The fourth-order valence-electron chi connectivity index (χ4n) is 9.07. The standard InChI is InChI=1S/C47H60N2O10S/c1-4-26-56-47-43(49(46(53)54-2)22-27-55-28-25-52)31-41(48-57-32-33-12-6-5-7-13-33)39-29-34(14-8-10-23-50)38(15-9-11-24-51)44(45(39)47)40-30-36(18-21-42(40)59-47)58-35-16-19-37(60-3)20-17-35/h4-7,12-13,16-21,29-30,34,38,43-45,50-52H,1,8-11,14-15,22-28,31-32H2,2-3H3/t34-,38+,43-,44+,45+,47+/m0/s1. The van der Waals surface area contributed by atoms with E-state index < -0.39 is 23.8 Å². The Morgan fingerprint density at radius 1 is 0.967 bits per heavy atom. The van der Waals surface area contributed by atoms with Gasteiger partial charge in [0.1, 0.15) is 29.9 Å². The van der Waals surface area contributed by atoms with Crippen LogP contribution in [0.3, 0.4) is 0 Å². The molecule has 1 heterocycles. The Hall–Kier alpha value is -4.37. The molecule has 324 valence electrons. The minimum absolute atomic E-state index is 0.0409. The SMILES string of the molecule is C=CCO[C@@]12Oc3ccc(Oc4ccc(SC)cc4)cc3[C@H]3[C@H](CCCCO)[C@@H](CCCCO)C=C(C(=NOCc4ccccc4)C[C@@H]1N(CCOCCO)C(=O)OC)[C@H]32. The normalized spacial score (nSPS) is 23.4. The van der Waals surface area contributed by atoms with Gasteiger partial charge in [-0.1, -0.05) is 60.5 Å². The Labute approximate surface area is 358 Å². The number of hydrogen-bond acceptors (Lipinski definition) is 12. The molecular weight excluding hydrogens is 785 g/mol. The highest BCUT2D eigenvalue weighted by atomic mass is 32.2. The van der Waals surface area contributed by atoms with Gasteiger partial charge in [-0.3, -0.25) is 4.90 Å². The number of hydrogen-bond donors (Lipinski definition) is 3. The zero-order chi connectivity index (χ0) is 42.3. The summed E-state index contributed by atoms with van der Waals surface area (Å²) < 4.78 is 31.9. The van der Waals surface area contributed by atoms with Crippen LogP contribution in [0.5, 0.6) is 17.2 Å². The molecule has 3 aromatic rings. The molecule has 0 aromatic heterocycles. The van der Waals surface area contributed by atoms with Gasteiger partial charge in [0.15, 0.2) is 0 Å². The number of aliphatic hydroxyl groups is 3. The van der Waals surface area contributed by atoms with Crippen LogP contribution in [-0.4, -0.2) is 103 Å². The van der Waals surface area contributed by atoms with E-state index in [4.69, 9.17) is 33.7 Å². The summed E-state index contributed by atoms with van der Waals surface area (Å²) in [5.74, 6) is -0.109. The molecule has 2 aliphatic carbocycles. The first-order valence-corrected chi connectivity index (χ1v) is 22.2. The Morgan fingerprint density at radius 2 is 1.72 bits per heavy atom. The molecule has 3 N–H and O–H groups in total. The number of fused-ring (bicyclic) bond motifs is 2. The van der Waals surface area contributed by atoms with E-state index in [-0.39, 0.29) is 77.0 Å². The van der Waals surface area contributed by atoms with Crippen LogP contribution in [0, 0.1) is 17.8 Å². The zero-order valence-corrected chi connectivity index (χ0v) is 35.6. The number of thioether (sulfide) groups is 1. The van der Waals surface area contributed by atoms with Crippen LogP contribution in [0.25, 0.3) is 0 Å². The van der Waals surface area contributed by atoms with Gasteiger partial charge in [0, 0.05) is 42.6 Å². The van der Waals surface area contributed by atoms with E-state index in [1.54, 1.807) is 22.7 Å². The van der Waals surface area contributed by atoms with Crippen LogP contribution >= 0.6 is 11.8 Å². The zero-order valence-electron chi connectivity index (χ0n) is 34.8. The highest BCUT2D eigenvalue weighted by Crippen LogP contribution is 2.62. The molecule has 13 heteroatoms. The van der Waals surface area contributed by atoms with Crippen molar-refractivity contribution in [2.75, 3.05) is 59.6 Å². The molecule has 12 nitrogen and oxygen atoms in total. The summed E-state index contributed by atoms with van der Waals surface area (Å²) >= 11 is 1.67. The van der Waals surface area contributed by atoms with Gasteiger partial charge in [-0.05, 0) is 97.4 Å². The molecule has 1 fully saturated rings. The van der Waals surface area contributed by atoms with Gasteiger partial charge >= 0.3 is 6.09 Å². The van der Waals surface area contributed by atoms with Crippen molar-refractivity contribution in [1.29, 1.82) is 0 Å². The summed E-state index contributed by atoms with van der Waals surface area (Å²) in [7, 11) is 1.35. The number of benzene rings is 3. The maximum Gasteiger partial charge on any atom is 0.410 e. The lowest BCUT2D eigenvalue weighted by Crippen LogP contribution is -2.70. The summed E-state index contributed by atoms with van der Waals surface area (Å²) in [6.45, 7) is 4.75. The van der Waals surface area contributed by atoms with Crippen molar-refractivity contribution in [3.63, 3.8) is 0 Å². The monoisotopic (exact) mass is 844 g/mol. The van der Waals surface area contributed by atoms with Gasteiger partial charge in [0.05, 0.1) is 45.2 Å². The van der Waals surface area contributed by atoms with Gasteiger partial charge in [-0.2, -0.15) is 0 Å². The molecule has 6 atom stereocenters. The molecule has 0 spiro atoms. The van der Waals surface area contributed by atoms with E-state index in [0.29, 0.717) is 35.8 Å². The number of unbranched alkanes of at least 4 members (excludes halogenated alkanes) is 2. The first kappa shape index (κ1) is 45.2. The van der Waals surface area contributed by atoms with E-state index in [9.17, 15) is 20.1 Å². The third kappa shape index (κ3) is 10.6. The minimum atomic E-state index is -1.46. The first-order chi connectivity index (χ1) is 29.4. The summed E-state index contributed by atoms with van der Waals surface area (Å²) in [5.41, 5.74) is 3.50. The van der Waals surface area contributed by atoms with Crippen molar-refractivity contribution in [1.82, 2.24) is 4.90 Å². The van der Waals surface area contributed by atoms with E-state index in [2.05, 4.69) is 18.7 Å². The van der Waals surface area contributed by atoms with Gasteiger partial charge < -0.3 is 43.8 Å². The molecule has 0 saturated heterocycles. The molecule has 1 amide bonds. The van der Waals surface area contributed by atoms with Gasteiger partial charge in [0.2, 0.25) is 5.79 Å². The number of nitrogens with zero attached hydrogens (tertiary/aromatic N) is 2. The van der Waals surface area contributed by atoms with Gasteiger partial charge in [-0.25, -0.2) is 4.79 Å². The second kappa shape index (κ2) is 22.5. The number of rotatable bonds is 23. The van der Waals surface area contributed by atoms with Crippen molar-refractivity contribution in [3.8, 4) is 17.2 Å². The van der Waals surface area contributed by atoms with Gasteiger partial charge in [0.25, 0.3) is 0 Å². The third-order valence-electron chi connectivity index (χ3n) is 11.7. The highest BCUT2D eigenvalue weighted by Gasteiger charge is 2.65. The Balaban J connectivity index is 1.56. The number of aliphatic hydroxyl groups excluding tert-OH is 3. The van der Waals surface area contributed by atoms with Crippen LogP contribution in [0.2, 0.25) is 0 Å². The number of ether oxygens (including phenoxy) is 5. The van der Waals surface area contributed by atoms with E-state index >= 15 is 0 Å². The lowest BCUT2D eigenvalue weighted by Gasteiger charge is -2.59. The molecule has 1 aliphatic heterocycles. The Bertz CT molecular complexity index is 1890. The fraction of sp³-hybridized carbons (Fsp3) is 0.489. The fourth-order valence-corrected chi connectivity index (χ4v) is 9.48. The van der Waals surface area contributed by atoms with Crippen molar-refractivity contribution in [2.24, 2.45) is 22.9 Å². The third-order valence-corrected chi connectivity index (χ3v) is 12.4. The average molecular weight is 845 g/mol. The van der Waals surface area contributed by atoms with Crippen molar-refractivity contribution >= 4 is 23.6 Å². The topological polar surface area (TPSA) is 149 Å². The summed E-state index contributed by atoms with van der Waals surface area (Å²) in [4.78, 5) is 22.9. The predicted octanol–water partition coefficient (Wildman–Crippen LogP) is 8.11. The number of oxime groups is 1. The largest absolute Gasteiger partial charge is 0.459 e. The maximum absolute atomic E-state index is 14.0. The smallest absolute Gasteiger partial charge is 0.410 e.